The second-order valence-corrected chi connectivity index (χ2v) is 8.23. The van der Waals surface area contributed by atoms with Crippen LogP contribution < -0.4 is 5.32 Å². The summed E-state index contributed by atoms with van der Waals surface area (Å²) in [6.45, 7) is 5.23. The molecule has 0 spiro atoms. The maximum Gasteiger partial charge on any atom is 0.255 e. The number of hydrogen-bond acceptors (Lipinski definition) is 1. The number of aryl methyl sites for hydroxylation is 1. The maximum atomic E-state index is 12.7. The number of fused-ring (bicyclic) bond motifs is 2. The third-order valence-electron chi connectivity index (χ3n) is 6.28. The summed E-state index contributed by atoms with van der Waals surface area (Å²) in [5.41, 5.74) is 6.68. The molecule has 1 aromatic heterocycles. The zero-order valence-corrected chi connectivity index (χ0v) is 18.4. The van der Waals surface area contributed by atoms with Crippen molar-refractivity contribution in [3.8, 4) is 0 Å². The molecule has 0 bridgehead atoms. The molecule has 0 radical (unpaired) electrons. The smallest absolute Gasteiger partial charge is 0.255 e. The van der Waals surface area contributed by atoms with Crippen LogP contribution in [-0.2, 0) is 13.0 Å². The van der Waals surface area contributed by atoms with Crippen LogP contribution in [0.2, 0.25) is 0 Å². The van der Waals surface area contributed by atoms with Gasteiger partial charge in [-0.3, -0.25) is 4.79 Å². The van der Waals surface area contributed by atoms with Crippen molar-refractivity contribution >= 4 is 33.3 Å². The SMILES string of the molecule is CCc1c(C)n(Cc2ccc(NC(=O)c3ccc4ccccc4c3)cc2)c2ccccc12. The van der Waals surface area contributed by atoms with E-state index < -0.39 is 0 Å². The fraction of sp³-hybridized carbons (Fsp3) is 0.138. The molecule has 3 nitrogen and oxygen atoms in total. The quantitative estimate of drug-likeness (QED) is 0.329. The van der Waals surface area contributed by atoms with Crippen molar-refractivity contribution in [1.29, 1.82) is 0 Å². The van der Waals surface area contributed by atoms with Crippen LogP contribution in [0.15, 0.2) is 91.0 Å². The highest BCUT2D eigenvalue weighted by Crippen LogP contribution is 2.27. The van der Waals surface area contributed by atoms with Gasteiger partial charge in [-0.15, -0.1) is 0 Å². The van der Waals surface area contributed by atoms with Gasteiger partial charge in [0.15, 0.2) is 0 Å². The number of anilines is 1. The van der Waals surface area contributed by atoms with Crippen molar-refractivity contribution in [3.05, 3.63) is 113 Å². The Hall–Kier alpha value is -3.85. The lowest BCUT2D eigenvalue weighted by Crippen LogP contribution is -2.11. The van der Waals surface area contributed by atoms with Gasteiger partial charge in [-0.2, -0.15) is 0 Å². The summed E-state index contributed by atoms with van der Waals surface area (Å²) in [7, 11) is 0. The van der Waals surface area contributed by atoms with Crippen LogP contribution in [0.4, 0.5) is 5.69 Å². The Morgan fingerprint density at radius 3 is 2.34 bits per heavy atom. The molecule has 5 aromatic rings. The average Bonchev–Trinajstić information content (AvgIpc) is 3.10. The topological polar surface area (TPSA) is 34.0 Å². The Labute approximate surface area is 188 Å². The molecule has 1 N–H and O–H groups in total. The van der Waals surface area contributed by atoms with Crippen LogP contribution in [-0.4, -0.2) is 10.5 Å². The molecular formula is C29H26N2O. The standard InChI is InChI=1S/C29H26N2O/c1-3-26-20(2)31(28-11-7-6-10-27(26)28)19-21-12-16-25(17-13-21)30-29(32)24-15-14-22-8-4-5-9-23(22)18-24/h4-18H,3,19H2,1-2H3,(H,30,32). The van der Waals surface area contributed by atoms with Crippen LogP contribution in [0, 0.1) is 6.92 Å². The van der Waals surface area contributed by atoms with E-state index in [1.165, 1.54) is 27.7 Å². The van der Waals surface area contributed by atoms with E-state index in [1.54, 1.807) is 0 Å². The number of hydrogen-bond donors (Lipinski definition) is 1. The first kappa shape index (κ1) is 20.1. The summed E-state index contributed by atoms with van der Waals surface area (Å²) >= 11 is 0. The molecule has 0 aliphatic rings. The molecule has 1 heterocycles. The van der Waals surface area contributed by atoms with Crippen molar-refractivity contribution in [2.24, 2.45) is 0 Å². The van der Waals surface area contributed by atoms with E-state index in [1.807, 2.05) is 48.5 Å². The molecule has 0 saturated carbocycles. The predicted molar refractivity (Wildman–Crippen MR) is 133 cm³/mol. The summed E-state index contributed by atoms with van der Waals surface area (Å²) < 4.78 is 2.39. The summed E-state index contributed by atoms with van der Waals surface area (Å²) in [5, 5.41) is 6.56. The summed E-state index contributed by atoms with van der Waals surface area (Å²) in [6.07, 6.45) is 1.03. The Kier molecular flexibility index (Phi) is 5.24. The molecule has 0 atom stereocenters. The summed E-state index contributed by atoms with van der Waals surface area (Å²) in [4.78, 5) is 12.7. The number of aromatic nitrogens is 1. The molecule has 5 rings (SSSR count). The van der Waals surface area contributed by atoms with Crippen LogP contribution in [0.5, 0.6) is 0 Å². The second-order valence-electron chi connectivity index (χ2n) is 8.23. The molecule has 0 unspecified atom stereocenters. The van der Waals surface area contributed by atoms with E-state index in [0.29, 0.717) is 5.56 Å². The van der Waals surface area contributed by atoms with Gasteiger partial charge in [0.2, 0.25) is 0 Å². The Balaban J connectivity index is 1.35. The van der Waals surface area contributed by atoms with E-state index in [-0.39, 0.29) is 5.91 Å². The Morgan fingerprint density at radius 2 is 1.56 bits per heavy atom. The first-order chi connectivity index (χ1) is 15.6. The molecule has 0 saturated heterocycles. The minimum absolute atomic E-state index is 0.0941. The Bertz CT molecular complexity index is 1430. The minimum Gasteiger partial charge on any atom is -0.340 e. The number of benzene rings is 4. The first-order valence-corrected chi connectivity index (χ1v) is 11.1. The average molecular weight is 419 g/mol. The lowest BCUT2D eigenvalue weighted by molar-refractivity contribution is 0.102. The molecule has 32 heavy (non-hydrogen) atoms. The van der Waals surface area contributed by atoms with E-state index >= 15 is 0 Å². The van der Waals surface area contributed by atoms with Crippen molar-refractivity contribution in [3.63, 3.8) is 0 Å². The fourth-order valence-corrected chi connectivity index (χ4v) is 4.56. The molecule has 1 amide bonds. The highest BCUT2D eigenvalue weighted by atomic mass is 16.1. The van der Waals surface area contributed by atoms with Gasteiger partial charge in [0.1, 0.15) is 0 Å². The van der Waals surface area contributed by atoms with Crippen LogP contribution in [0.1, 0.15) is 34.1 Å². The number of para-hydroxylation sites is 1. The van der Waals surface area contributed by atoms with Crippen molar-refractivity contribution in [2.45, 2.75) is 26.8 Å². The molecule has 3 heteroatoms. The summed E-state index contributed by atoms with van der Waals surface area (Å²) in [5.74, 6) is -0.0941. The highest BCUT2D eigenvalue weighted by Gasteiger charge is 2.13. The number of nitrogens with zero attached hydrogens (tertiary/aromatic N) is 1. The van der Waals surface area contributed by atoms with E-state index in [0.717, 1.165) is 29.4 Å². The third kappa shape index (κ3) is 3.67. The predicted octanol–water partition coefficient (Wildman–Crippen LogP) is 6.97. The van der Waals surface area contributed by atoms with Crippen LogP contribution >= 0.6 is 0 Å². The number of nitrogens with one attached hydrogen (secondary N) is 1. The number of amides is 1. The third-order valence-corrected chi connectivity index (χ3v) is 6.28. The zero-order valence-electron chi connectivity index (χ0n) is 18.4. The number of carbonyl (C=O) groups excluding carboxylic acids is 1. The maximum absolute atomic E-state index is 12.7. The van der Waals surface area contributed by atoms with E-state index in [4.69, 9.17) is 0 Å². The zero-order chi connectivity index (χ0) is 22.1. The van der Waals surface area contributed by atoms with Crippen LogP contribution in [0.25, 0.3) is 21.7 Å². The van der Waals surface area contributed by atoms with Crippen molar-refractivity contribution in [2.75, 3.05) is 5.32 Å². The minimum atomic E-state index is -0.0941. The molecule has 0 fully saturated rings. The molecule has 4 aromatic carbocycles. The van der Waals surface area contributed by atoms with Gasteiger partial charge in [-0.25, -0.2) is 0 Å². The van der Waals surface area contributed by atoms with Gasteiger partial charge in [-0.05, 0) is 65.6 Å². The van der Waals surface area contributed by atoms with E-state index in [9.17, 15) is 4.79 Å². The molecule has 0 aliphatic heterocycles. The van der Waals surface area contributed by atoms with Crippen molar-refractivity contribution < 1.29 is 4.79 Å². The van der Waals surface area contributed by atoms with E-state index in [2.05, 4.69) is 66.2 Å². The molecule has 0 aliphatic carbocycles. The fourth-order valence-electron chi connectivity index (χ4n) is 4.56. The van der Waals surface area contributed by atoms with Gasteiger partial charge < -0.3 is 9.88 Å². The first-order valence-electron chi connectivity index (χ1n) is 11.1. The van der Waals surface area contributed by atoms with Gasteiger partial charge in [0.25, 0.3) is 5.91 Å². The van der Waals surface area contributed by atoms with Crippen LogP contribution in [0.3, 0.4) is 0 Å². The highest BCUT2D eigenvalue weighted by molar-refractivity contribution is 6.06. The lowest BCUT2D eigenvalue weighted by atomic mass is 10.1. The molecular weight excluding hydrogens is 392 g/mol. The van der Waals surface area contributed by atoms with Gasteiger partial charge in [-0.1, -0.05) is 67.6 Å². The number of rotatable bonds is 5. The molecule has 158 valence electrons. The monoisotopic (exact) mass is 418 g/mol. The second kappa shape index (κ2) is 8.35. The number of carbonyl (C=O) groups is 1. The largest absolute Gasteiger partial charge is 0.340 e. The lowest BCUT2D eigenvalue weighted by Gasteiger charge is -2.11. The van der Waals surface area contributed by atoms with Gasteiger partial charge >= 0.3 is 0 Å². The van der Waals surface area contributed by atoms with Crippen molar-refractivity contribution in [1.82, 2.24) is 4.57 Å². The van der Waals surface area contributed by atoms with Gasteiger partial charge in [0, 0.05) is 34.4 Å². The Morgan fingerprint density at radius 1 is 0.844 bits per heavy atom. The summed E-state index contributed by atoms with van der Waals surface area (Å²) in [6, 6.07) is 30.6. The van der Waals surface area contributed by atoms with Gasteiger partial charge in [0.05, 0.1) is 0 Å². The normalized spacial score (nSPS) is 11.2.